The molecule has 14 heavy (non-hydrogen) atoms. The fraction of sp³-hybridized carbons (Fsp3) is 0.833. The van der Waals surface area contributed by atoms with Crippen molar-refractivity contribution in [1.29, 1.82) is 0 Å². The van der Waals surface area contributed by atoms with E-state index in [1.807, 2.05) is 0 Å². The summed E-state index contributed by atoms with van der Waals surface area (Å²) >= 11 is 0. The van der Waals surface area contributed by atoms with Crippen LogP contribution in [0.1, 0.15) is 39.0 Å². The Morgan fingerprint density at radius 1 is 1.43 bits per heavy atom. The molecule has 2 heteroatoms. The monoisotopic (exact) mass is 197 g/mol. The van der Waals surface area contributed by atoms with Crippen LogP contribution in [-0.2, 0) is 0 Å². The zero-order chi connectivity index (χ0) is 10.4. The van der Waals surface area contributed by atoms with E-state index < -0.39 is 0 Å². The molecule has 2 nitrogen and oxygen atoms in total. The number of rotatable bonds is 5. The van der Waals surface area contributed by atoms with E-state index in [9.17, 15) is 5.11 Å². The Labute approximate surface area is 87.4 Å². The minimum absolute atomic E-state index is 0.338. The molecule has 0 aromatic carbocycles. The van der Waals surface area contributed by atoms with E-state index in [0.717, 1.165) is 13.0 Å². The lowest BCUT2D eigenvalue weighted by Gasteiger charge is -2.31. The van der Waals surface area contributed by atoms with Crippen LogP contribution in [0.25, 0.3) is 0 Å². The summed E-state index contributed by atoms with van der Waals surface area (Å²) in [6.07, 6.45) is 6.04. The summed E-state index contributed by atoms with van der Waals surface area (Å²) < 4.78 is 0. The van der Waals surface area contributed by atoms with Gasteiger partial charge in [-0.15, -0.1) is 6.58 Å². The van der Waals surface area contributed by atoms with Gasteiger partial charge in [0.25, 0.3) is 0 Å². The molecule has 0 amide bonds. The minimum atomic E-state index is 0.338. The van der Waals surface area contributed by atoms with Crippen molar-refractivity contribution in [2.75, 3.05) is 13.2 Å². The average molecular weight is 197 g/mol. The minimum Gasteiger partial charge on any atom is -0.396 e. The maximum atomic E-state index is 9.21. The van der Waals surface area contributed by atoms with Gasteiger partial charge < -0.3 is 10.4 Å². The van der Waals surface area contributed by atoms with E-state index in [2.05, 4.69) is 18.8 Å². The van der Waals surface area contributed by atoms with Gasteiger partial charge in [-0.25, -0.2) is 0 Å². The van der Waals surface area contributed by atoms with E-state index in [0.29, 0.717) is 18.6 Å². The molecule has 1 aliphatic rings. The molecule has 0 heterocycles. The summed E-state index contributed by atoms with van der Waals surface area (Å²) in [6, 6.07) is 0.535. The first-order valence-electron chi connectivity index (χ1n) is 5.72. The number of aliphatic hydroxyl groups excluding tert-OH is 1. The molecule has 2 unspecified atom stereocenters. The fourth-order valence-corrected chi connectivity index (χ4v) is 2.17. The van der Waals surface area contributed by atoms with Crippen LogP contribution in [-0.4, -0.2) is 24.3 Å². The van der Waals surface area contributed by atoms with Crippen molar-refractivity contribution < 1.29 is 5.11 Å². The van der Waals surface area contributed by atoms with Crippen molar-refractivity contribution >= 4 is 0 Å². The van der Waals surface area contributed by atoms with Crippen LogP contribution < -0.4 is 5.32 Å². The Morgan fingerprint density at radius 2 is 2.14 bits per heavy atom. The van der Waals surface area contributed by atoms with Crippen LogP contribution in [0, 0.1) is 5.92 Å². The standard InChI is InChI=1S/C12H23NO/c1-10(2)7-8-13-12-6-4-3-5-11(12)9-14/h11-14H,1,3-9H2,2H3. The Hall–Kier alpha value is -0.340. The summed E-state index contributed by atoms with van der Waals surface area (Å²) in [5.74, 6) is 0.480. The SMILES string of the molecule is C=C(C)CCNC1CCCCC1CO. The average Bonchev–Trinajstić information content (AvgIpc) is 2.18. The largest absolute Gasteiger partial charge is 0.396 e. The predicted octanol–water partition coefficient (Wildman–Crippen LogP) is 2.09. The third-order valence-electron chi connectivity index (χ3n) is 3.10. The highest BCUT2D eigenvalue weighted by Gasteiger charge is 2.23. The molecule has 1 fully saturated rings. The van der Waals surface area contributed by atoms with Gasteiger partial charge in [0.1, 0.15) is 0 Å². The molecule has 0 saturated heterocycles. The topological polar surface area (TPSA) is 32.3 Å². The third-order valence-corrected chi connectivity index (χ3v) is 3.10. The highest BCUT2D eigenvalue weighted by Crippen LogP contribution is 2.23. The van der Waals surface area contributed by atoms with E-state index in [1.54, 1.807) is 0 Å². The molecule has 2 N–H and O–H groups in total. The summed E-state index contributed by atoms with van der Waals surface area (Å²) in [6.45, 7) is 7.30. The zero-order valence-corrected chi connectivity index (χ0v) is 9.26. The van der Waals surface area contributed by atoms with Crippen LogP contribution in [0.4, 0.5) is 0 Å². The summed E-state index contributed by atoms with van der Waals surface area (Å²) in [4.78, 5) is 0. The van der Waals surface area contributed by atoms with E-state index in [4.69, 9.17) is 0 Å². The molecule has 1 rings (SSSR count). The number of hydrogen-bond donors (Lipinski definition) is 2. The molecular weight excluding hydrogens is 174 g/mol. The first-order valence-corrected chi connectivity index (χ1v) is 5.72. The maximum absolute atomic E-state index is 9.21. The van der Waals surface area contributed by atoms with Gasteiger partial charge in [-0.2, -0.15) is 0 Å². The summed E-state index contributed by atoms with van der Waals surface area (Å²) in [5.41, 5.74) is 1.23. The maximum Gasteiger partial charge on any atom is 0.0474 e. The van der Waals surface area contributed by atoms with E-state index in [-0.39, 0.29) is 0 Å². The van der Waals surface area contributed by atoms with Crippen molar-refractivity contribution in [3.63, 3.8) is 0 Å². The van der Waals surface area contributed by atoms with Crippen LogP contribution >= 0.6 is 0 Å². The third kappa shape index (κ3) is 3.81. The quantitative estimate of drug-likeness (QED) is 0.661. The smallest absolute Gasteiger partial charge is 0.0474 e. The normalized spacial score (nSPS) is 27.6. The van der Waals surface area contributed by atoms with Crippen molar-refractivity contribution in [3.8, 4) is 0 Å². The van der Waals surface area contributed by atoms with Gasteiger partial charge in [0.15, 0.2) is 0 Å². The number of nitrogens with one attached hydrogen (secondary N) is 1. The van der Waals surface area contributed by atoms with Crippen LogP contribution in [0.15, 0.2) is 12.2 Å². The molecular formula is C12H23NO. The number of aliphatic hydroxyl groups is 1. The lowest BCUT2D eigenvalue weighted by molar-refractivity contribution is 0.153. The highest BCUT2D eigenvalue weighted by atomic mass is 16.3. The van der Waals surface area contributed by atoms with Crippen molar-refractivity contribution in [1.82, 2.24) is 5.32 Å². The second-order valence-corrected chi connectivity index (χ2v) is 4.49. The molecule has 1 saturated carbocycles. The first-order chi connectivity index (χ1) is 6.74. The molecule has 1 aliphatic carbocycles. The molecule has 2 atom stereocenters. The molecule has 0 radical (unpaired) electrons. The zero-order valence-electron chi connectivity index (χ0n) is 9.26. The van der Waals surface area contributed by atoms with Crippen LogP contribution in [0.2, 0.25) is 0 Å². The highest BCUT2D eigenvalue weighted by molar-refractivity contribution is 4.89. The molecule has 0 aliphatic heterocycles. The van der Waals surface area contributed by atoms with Gasteiger partial charge >= 0.3 is 0 Å². The molecule has 0 aromatic rings. The predicted molar refractivity (Wildman–Crippen MR) is 60.3 cm³/mol. The second kappa shape index (κ2) is 6.20. The van der Waals surface area contributed by atoms with Crippen LogP contribution in [0.3, 0.4) is 0 Å². The Balaban J connectivity index is 2.22. The fourth-order valence-electron chi connectivity index (χ4n) is 2.17. The van der Waals surface area contributed by atoms with E-state index >= 15 is 0 Å². The molecule has 0 aromatic heterocycles. The Morgan fingerprint density at radius 3 is 2.79 bits per heavy atom. The van der Waals surface area contributed by atoms with Gasteiger partial charge in [0, 0.05) is 12.6 Å². The van der Waals surface area contributed by atoms with Gasteiger partial charge in [-0.05, 0) is 38.6 Å². The molecule has 0 spiro atoms. The van der Waals surface area contributed by atoms with E-state index in [1.165, 1.54) is 31.3 Å². The van der Waals surface area contributed by atoms with Gasteiger partial charge in [0.05, 0.1) is 0 Å². The second-order valence-electron chi connectivity index (χ2n) is 4.49. The van der Waals surface area contributed by atoms with Gasteiger partial charge in [-0.3, -0.25) is 0 Å². The van der Waals surface area contributed by atoms with Crippen molar-refractivity contribution in [3.05, 3.63) is 12.2 Å². The van der Waals surface area contributed by atoms with Gasteiger partial charge in [-0.1, -0.05) is 18.4 Å². The Bertz CT molecular complexity index is 179. The summed E-state index contributed by atoms with van der Waals surface area (Å²) in [7, 11) is 0. The summed E-state index contributed by atoms with van der Waals surface area (Å²) in [5, 5.41) is 12.7. The Kier molecular flexibility index (Phi) is 5.20. The van der Waals surface area contributed by atoms with Crippen molar-refractivity contribution in [2.24, 2.45) is 5.92 Å². The van der Waals surface area contributed by atoms with Crippen LogP contribution in [0.5, 0.6) is 0 Å². The first kappa shape index (κ1) is 11.7. The van der Waals surface area contributed by atoms with Crippen molar-refractivity contribution in [2.45, 2.75) is 45.1 Å². The lowest BCUT2D eigenvalue weighted by Crippen LogP contribution is -2.40. The molecule has 0 bridgehead atoms. The lowest BCUT2D eigenvalue weighted by atomic mass is 9.85. The van der Waals surface area contributed by atoms with Gasteiger partial charge in [0.2, 0.25) is 0 Å². The molecule has 82 valence electrons. The number of hydrogen-bond acceptors (Lipinski definition) is 2.